The zero-order chi connectivity index (χ0) is 28.7. The van der Waals surface area contributed by atoms with Gasteiger partial charge in [0, 0.05) is 5.41 Å². The Bertz CT molecular complexity index is 2330. The molecule has 0 radical (unpaired) electrons. The van der Waals surface area contributed by atoms with Gasteiger partial charge in [-0.05, 0) is 100 Å². The SMILES string of the molecule is CC1(C)c2ccccc2-c2ccc(-c3ccc(-c4ccc(-c5cc6cccc7ccc8cccc5c8c76)cc4)cc3)cc21. The second-order valence-electron chi connectivity index (χ2n) is 12.6. The van der Waals surface area contributed by atoms with Gasteiger partial charge in [-0.2, -0.15) is 0 Å². The predicted molar refractivity (Wildman–Crippen MR) is 184 cm³/mol. The Morgan fingerprint density at radius 3 is 1.65 bits per heavy atom. The smallest absolute Gasteiger partial charge is 0.0159 e. The van der Waals surface area contributed by atoms with Gasteiger partial charge < -0.3 is 0 Å². The summed E-state index contributed by atoms with van der Waals surface area (Å²) < 4.78 is 0. The van der Waals surface area contributed by atoms with Gasteiger partial charge in [0.25, 0.3) is 0 Å². The second-order valence-corrected chi connectivity index (χ2v) is 12.6. The lowest BCUT2D eigenvalue weighted by atomic mass is 9.81. The van der Waals surface area contributed by atoms with Crippen LogP contribution < -0.4 is 0 Å². The molecule has 0 heteroatoms. The standard InChI is InChI=1S/C43H30/c1-43(2)39-12-4-3-10-35(39)36-24-23-33(26-40(36)43)29-15-13-27(14-16-29)28-17-19-30(20-18-28)38-25-34-9-5-7-31-21-22-32-8-6-11-37(38)42(32)41(31)34/h3-26H,1-2H3. The minimum Gasteiger partial charge on any atom is -0.0619 e. The van der Waals surface area contributed by atoms with Gasteiger partial charge in [0.1, 0.15) is 0 Å². The van der Waals surface area contributed by atoms with Crippen LogP contribution in [-0.4, -0.2) is 0 Å². The van der Waals surface area contributed by atoms with Crippen LogP contribution in [0, 0.1) is 0 Å². The molecule has 9 rings (SSSR count). The van der Waals surface area contributed by atoms with E-state index < -0.39 is 0 Å². The molecule has 0 saturated heterocycles. The zero-order valence-electron chi connectivity index (χ0n) is 24.4. The fourth-order valence-corrected chi connectivity index (χ4v) is 7.58. The molecule has 0 aliphatic heterocycles. The van der Waals surface area contributed by atoms with E-state index in [1.54, 1.807) is 0 Å². The average molecular weight is 547 g/mol. The van der Waals surface area contributed by atoms with Crippen LogP contribution in [0.5, 0.6) is 0 Å². The first kappa shape index (κ1) is 24.4. The number of hydrogen-bond donors (Lipinski definition) is 0. The van der Waals surface area contributed by atoms with Crippen molar-refractivity contribution >= 4 is 32.3 Å². The molecule has 202 valence electrons. The minimum absolute atomic E-state index is 0.0114. The number of fused-ring (bicyclic) bond motifs is 3. The summed E-state index contributed by atoms with van der Waals surface area (Å²) in [5, 5.41) is 7.96. The highest BCUT2D eigenvalue weighted by molar-refractivity contribution is 6.26. The van der Waals surface area contributed by atoms with Crippen LogP contribution in [0.15, 0.2) is 146 Å². The highest BCUT2D eigenvalue weighted by Gasteiger charge is 2.35. The van der Waals surface area contributed by atoms with Crippen molar-refractivity contribution in [3.8, 4) is 44.5 Å². The summed E-state index contributed by atoms with van der Waals surface area (Å²) in [4.78, 5) is 0. The highest BCUT2D eigenvalue weighted by Crippen LogP contribution is 2.49. The molecule has 1 aliphatic carbocycles. The first-order valence-electron chi connectivity index (χ1n) is 15.2. The van der Waals surface area contributed by atoms with Crippen molar-refractivity contribution in [3.63, 3.8) is 0 Å². The third-order valence-electron chi connectivity index (χ3n) is 9.84. The Morgan fingerprint density at radius 1 is 0.349 bits per heavy atom. The van der Waals surface area contributed by atoms with E-state index in [-0.39, 0.29) is 5.41 Å². The summed E-state index contributed by atoms with van der Waals surface area (Å²) in [6.45, 7) is 4.69. The van der Waals surface area contributed by atoms with E-state index in [9.17, 15) is 0 Å². The third-order valence-corrected chi connectivity index (χ3v) is 9.84. The molecule has 0 atom stereocenters. The Balaban J connectivity index is 1.06. The van der Waals surface area contributed by atoms with Crippen molar-refractivity contribution < 1.29 is 0 Å². The molecular weight excluding hydrogens is 516 g/mol. The molecule has 0 amide bonds. The summed E-state index contributed by atoms with van der Waals surface area (Å²) in [5.74, 6) is 0. The number of benzene rings is 8. The van der Waals surface area contributed by atoms with Gasteiger partial charge in [0.2, 0.25) is 0 Å². The third kappa shape index (κ3) is 3.57. The highest BCUT2D eigenvalue weighted by atomic mass is 14.4. The second kappa shape index (κ2) is 8.90. The Labute approximate surface area is 252 Å². The van der Waals surface area contributed by atoms with E-state index in [0.29, 0.717) is 0 Å². The quantitative estimate of drug-likeness (QED) is 0.193. The Kier molecular flexibility index (Phi) is 5.05. The molecule has 0 fully saturated rings. The van der Waals surface area contributed by atoms with Crippen molar-refractivity contribution in [2.45, 2.75) is 19.3 Å². The van der Waals surface area contributed by atoms with Gasteiger partial charge in [-0.25, -0.2) is 0 Å². The summed E-state index contributed by atoms with van der Waals surface area (Å²) in [7, 11) is 0. The largest absolute Gasteiger partial charge is 0.0619 e. The van der Waals surface area contributed by atoms with Crippen molar-refractivity contribution in [1.29, 1.82) is 0 Å². The number of rotatable bonds is 3. The maximum absolute atomic E-state index is 2.40. The maximum Gasteiger partial charge on any atom is 0.0159 e. The Hall–Kier alpha value is -5.20. The summed E-state index contributed by atoms with van der Waals surface area (Å²) in [6, 6.07) is 54.1. The van der Waals surface area contributed by atoms with Crippen molar-refractivity contribution in [1.82, 2.24) is 0 Å². The molecule has 1 aliphatic rings. The van der Waals surface area contributed by atoms with E-state index in [1.807, 2.05) is 0 Å². The first-order chi connectivity index (χ1) is 21.1. The van der Waals surface area contributed by atoms with Gasteiger partial charge in [-0.3, -0.25) is 0 Å². The molecule has 8 aromatic rings. The van der Waals surface area contributed by atoms with E-state index in [1.165, 1.54) is 88.0 Å². The molecule has 0 aromatic heterocycles. The van der Waals surface area contributed by atoms with Crippen molar-refractivity contribution in [3.05, 3.63) is 157 Å². The van der Waals surface area contributed by atoms with Crippen molar-refractivity contribution in [2.24, 2.45) is 0 Å². The summed E-state index contributed by atoms with van der Waals surface area (Å²) >= 11 is 0. The van der Waals surface area contributed by atoms with Crippen LogP contribution in [0.2, 0.25) is 0 Å². The molecule has 0 spiro atoms. The van der Waals surface area contributed by atoms with Gasteiger partial charge in [0.15, 0.2) is 0 Å². The van der Waals surface area contributed by atoms with E-state index in [4.69, 9.17) is 0 Å². The average Bonchev–Trinajstić information content (AvgIpc) is 3.29. The fourth-order valence-electron chi connectivity index (χ4n) is 7.58. The molecule has 0 unspecified atom stereocenters. The monoisotopic (exact) mass is 546 g/mol. The van der Waals surface area contributed by atoms with Gasteiger partial charge in [-0.1, -0.05) is 147 Å². The predicted octanol–water partition coefficient (Wildman–Crippen LogP) is 11.9. The minimum atomic E-state index is 0.0114. The van der Waals surface area contributed by atoms with E-state index in [2.05, 4.69) is 159 Å². The molecule has 8 aromatic carbocycles. The van der Waals surface area contributed by atoms with Crippen LogP contribution >= 0.6 is 0 Å². The molecule has 0 nitrogen and oxygen atoms in total. The van der Waals surface area contributed by atoms with E-state index >= 15 is 0 Å². The van der Waals surface area contributed by atoms with Crippen LogP contribution in [0.1, 0.15) is 25.0 Å². The maximum atomic E-state index is 2.40. The number of hydrogen-bond acceptors (Lipinski definition) is 0. The van der Waals surface area contributed by atoms with Crippen molar-refractivity contribution in [2.75, 3.05) is 0 Å². The summed E-state index contributed by atoms with van der Waals surface area (Å²) in [6.07, 6.45) is 0. The topological polar surface area (TPSA) is 0 Å². The molecule has 0 bridgehead atoms. The molecule has 0 saturated carbocycles. The van der Waals surface area contributed by atoms with Crippen LogP contribution in [0.3, 0.4) is 0 Å². The zero-order valence-corrected chi connectivity index (χ0v) is 24.4. The molecule has 0 heterocycles. The molecule has 0 N–H and O–H groups in total. The molecular formula is C43H30. The van der Waals surface area contributed by atoms with Crippen LogP contribution in [-0.2, 0) is 5.41 Å². The fraction of sp³-hybridized carbons (Fsp3) is 0.0698. The van der Waals surface area contributed by atoms with E-state index in [0.717, 1.165) is 0 Å². The van der Waals surface area contributed by atoms with Crippen LogP contribution in [0.4, 0.5) is 0 Å². The van der Waals surface area contributed by atoms with Gasteiger partial charge in [0.05, 0.1) is 0 Å². The lowest BCUT2D eigenvalue weighted by Crippen LogP contribution is -2.14. The molecule has 43 heavy (non-hydrogen) atoms. The Morgan fingerprint density at radius 2 is 0.907 bits per heavy atom. The lowest BCUT2D eigenvalue weighted by molar-refractivity contribution is 0.660. The summed E-state index contributed by atoms with van der Waals surface area (Å²) in [5.41, 5.74) is 13.1. The first-order valence-corrected chi connectivity index (χ1v) is 15.2. The van der Waals surface area contributed by atoms with Gasteiger partial charge in [-0.15, -0.1) is 0 Å². The lowest BCUT2D eigenvalue weighted by Gasteiger charge is -2.22. The normalized spacial score (nSPS) is 13.5. The van der Waals surface area contributed by atoms with Crippen LogP contribution in [0.25, 0.3) is 76.8 Å². The van der Waals surface area contributed by atoms with Gasteiger partial charge >= 0.3 is 0 Å².